The molecule has 1 saturated heterocycles. The van der Waals surface area contributed by atoms with Crippen molar-refractivity contribution in [3.05, 3.63) is 74.6 Å². The molecular formula is C19H15ClN4O3. The lowest BCUT2D eigenvalue weighted by molar-refractivity contribution is -0.384. The van der Waals surface area contributed by atoms with Crippen LogP contribution in [0.2, 0.25) is 5.02 Å². The second-order valence-corrected chi connectivity index (χ2v) is 6.93. The van der Waals surface area contributed by atoms with Crippen LogP contribution in [0, 0.1) is 28.9 Å². The lowest BCUT2D eigenvalue weighted by atomic mass is 9.93. The van der Waals surface area contributed by atoms with Gasteiger partial charge in [0.2, 0.25) is 5.82 Å². The molecule has 4 rings (SSSR count). The van der Waals surface area contributed by atoms with Gasteiger partial charge in [0.05, 0.1) is 18.0 Å². The summed E-state index contributed by atoms with van der Waals surface area (Å²) in [5.41, 5.74) is 4.45. The number of hydroxylamine groups is 1. The van der Waals surface area contributed by atoms with Gasteiger partial charge in [0.15, 0.2) is 5.60 Å². The number of nitro groups is 1. The van der Waals surface area contributed by atoms with E-state index in [9.17, 15) is 10.1 Å². The molecule has 0 radical (unpaired) electrons. The Labute approximate surface area is 160 Å². The van der Waals surface area contributed by atoms with E-state index in [0.29, 0.717) is 29.6 Å². The van der Waals surface area contributed by atoms with Crippen molar-refractivity contribution in [3.63, 3.8) is 0 Å². The first-order valence-corrected chi connectivity index (χ1v) is 8.63. The van der Waals surface area contributed by atoms with Gasteiger partial charge in [-0.2, -0.15) is 0 Å². The number of pyridine rings is 1. The lowest BCUT2D eigenvalue weighted by Gasteiger charge is -2.45. The van der Waals surface area contributed by atoms with Gasteiger partial charge in [-0.1, -0.05) is 23.6 Å². The molecule has 0 amide bonds. The summed E-state index contributed by atoms with van der Waals surface area (Å²) in [6, 6.07) is 10.4. The van der Waals surface area contributed by atoms with Crippen LogP contribution in [0.4, 0.5) is 11.5 Å². The Kier molecular flexibility index (Phi) is 4.22. The number of nitrogens with one attached hydrogen (secondary N) is 1. The SMILES string of the molecule is Cc1ccc([N+](=O)[O-])c(N2CC3(C=C(C#Cc4cccc(Cl)c4)NO3)C2)n1. The number of nitrogens with zero attached hydrogens (tertiary/aromatic N) is 3. The van der Waals surface area contributed by atoms with E-state index in [1.807, 2.05) is 23.1 Å². The van der Waals surface area contributed by atoms with Gasteiger partial charge in [-0.15, -0.1) is 0 Å². The van der Waals surface area contributed by atoms with Crippen LogP contribution in [0.3, 0.4) is 0 Å². The van der Waals surface area contributed by atoms with Crippen LogP contribution in [0.15, 0.2) is 48.2 Å². The molecule has 7 nitrogen and oxygen atoms in total. The van der Waals surface area contributed by atoms with E-state index in [2.05, 4.69) is 22.3 Å². The van der Waals surface area contributed by atoms with Crippen LogP contribution in [0.25, 0.3) is 0 Å². The maximum absolute atomic E-state index is 11.2. The second-order valence-electron chi connectivity index (χ2n) is 6.50. The zero-order valence-electron chi connectivity index (χ0n) is 14.4. The van der Waals surface area contributed by atoms with Crippen molar-refractivity contribution in [1.82, 2.24) is 10.5 Å². The Morgan fingerprint density at radius 3 is 2.89 bits per heavy atom. The zero-order valence-corrected chi connectivity index (χ0v) is 15.2. The molecule has 1 aromatic heterocycles. The largest absolute Gasteiger partial charge is 0.344 e. The number of hydrogen-bond donors (Lipinski definition) is 1. The van der Waals surface area contributed by atoms with Gasteiger partial charge < -0.3 is 4.90 Å². The molecule has 1 spiro atoms. The molecule has 0 unspecified atom stereocenters. The number of aromatic nitrogens is 1. The molecule has 1 aromatic carbocycles. The summed E-state index contributed by atoms with van der Waals surface area (Å²) in [7, 11) is 0. The van der Waals surface area contributed by atoms with E-state index < -0.39 is 10.5 Å². The fraction of sp³-hybridized carbons (Fsp3) is 0.211. The molecular weight excluding hydrogens is 368 g/mol. The smallest absolute Gasteiger partial charge is 0.311 e. The minimum Gasteiger partial charge on any atom is -0.344 e. The van der Waals surface area contributed by atoms with Crippen molar-refractivity contribution in [3.8, 4) is 11.8 Å². The van der Waals surface area contributed by atoms with E-state index in [4.69, 9.17) is 16.4 Å². The van der Waals surface area contributed by atoms with Crippen LogP contribution in [0.1, 0.15) is 11.3 Å². The first-order chi connectivity index (χ1) is 12.9. The Hall–Kier alpha value is -3.08. The average Bonchev–Trinajstić information content (AvgIpc) is 3.03. The number of hydrogen-bond acceptors (Lipinski definition) is 6. The molecule has 0 aliphatic carbocycles. The third kappa shape index (κ3) is 3.45. The summed E-state index contributed by atoms with van der Waals surface area (Å²) in [4.78, 5) is 22.6. The predicted molar refractivity (Wildman–Crippen MR) is 101 cm³/mol. The second kappa shape index (κ2) is 6.58. The highest BCUT2D eigenvalue weighted by atomic mass is 35.5. The third-order valence-corrected chi connectivity index (χ3v) is 4.58. The minimum atomic E-state index is -0.558. The Morgan fingerprint density at radius 2 is 2.15 bits per heavy atom. The highest BCUT2D eigenvalue weighted by Crippen LogP contribution is 2.37. The van der Waals surface area contributed by atoms with Gasteiger partial charge in [0.25, 0.3) is 0 Å². The summed E-state index contributed by atoms with van der Waals surface area (Å²) in [6.45, 7) is 2.72. The number of aryl methyl sites for hydroxylation is 1. The maximum atomic E-state index is 11.2. The Morgan fingerprint density at radius 1 is 1.33 bits per heavy atom. The molecule has 3 heterocycles. The predicted octanol–water partition coefficient (Wildman–Crippen LogP) is 2.98. The normalized spacial score (nSPS) is 16.8. The number of anilines is 1. The maximum Gasteiger partial charge on any atom is 0.311 e. The van der Waals surface area contributed by atoms with Gasteiger partial charge in [0, 0.05) is 22.3 Å². The van der Waals surface area contributed by atoms with Crippen LogP contribution in [-0.2, 0) is 4.84 Å². The number of halogens is 1. The average molecular weight is 383 g/mol. The Balaban J connectivity index is 1.50. The molecule has 1 fully saturated rings. The lowest BCUT2D eigenvalue weighted by Crippen LogP contribution is -2.62. The molecule has 2 aromatic rings. The van der Waals surface area contributed by atoms with E-state index in [0.717, 1.165) is 11.3 Å². The third-order valence-electron chi connectivity index (χ3n) is 4.34. The topological polar surface area (TPSA) is 80.5 Å². The van der Waals surface area contributed by atoms with Crippen LogP contribution in [0.5, 0.6) is 0 Å². The van der Waals surface area contributed by atoms with E-state index >= 15 is 0 Å². The summed E-state index contributed by atoms with van der Waals surface area (Å²) in [5, 5.41) is 11.9. The van der Waals surface area contributed by atoms with Gasteiger partial charge in [-0.25, -0.2) is 4.98 Å². The number of benzene rings is 1. The van der Waals surface area contributed by atoms with Gasteiger partial charge >= 0.3 is 5.69 Å². The van der Waals surface area contributed by atoms with Gasteiger partial charge in [-0.3, -0.25) is 20.4 Å². The molecule has 0 atom stereocenters. The summed E-state index contributed by atoms with van der Waals surface area (Å²) in [5.74, 6) is 6.41. The zero-order chi connectivity index (χ0) is 19.0. The van der Waals surface area contributed by atoms with Crippen molar-refractivity contribution in [2.24, 2.45) is 0 Å². The number of allylic oxidation sites excluding steroid dienone is 1. The van der Waals surface area contributed by atoms with Crippen molar-refractivity contribution in [2.45, 2.75) is 12.5 Å². The first-order valence-electron chi connectivity index (χ1n) is 8.26. The highest BCUT2D eigenvalue weighted by Gasteiger charge is 2.48. The standard InChI is InChI=1S/C19H15ClN4O3/c1-13-5-8-17(24(25)26)18(21-13)23-11-19(12-23)10-16(22-27-19)7-6-14-3-2-4-15(20)9-14/h2-5,8-10,22H,11-12H2,1H3. The number of rotatable bonds is 2. The van der Waals surface area contributed by atoms with E-state index in [-0.39, 0.29) is 5.69 Å². The van der Waals surface area contributed by atoms with Gasteiger partial charge in [0.1, 0.15) is 5.70 Å². The minimum absolute atomic E-state index is 0.00800. The van der Waals surface area contributed by atoms with E-state index in [1.165, 1.54) is 6.07 Å². The fourth-order valence-electron chi connectivity index (χ4n) is 3.06. The van der Waals surface area contributed by atoms with Crippen molar-refractivity contribution < 1.29 is 9.76 Å². The van der Waals surface area contributed by atoms with Crippen LogP contribution >= 0.6 is 11.6 Å². The molecule has 136 valence electrons. The molecule has 0 saturated carbocycles. The summed E-state index contributed by atoms with van der Waals surface area (Å²) < 4.78 is 0. The molecule has 1 N–H and O–H groups in total. The fourth-order valence-corrected chi connectivity index (χ4v) is 3.25. The first kappa shape index (κ1) is 17.3. The molecule has 8 heteroatoms. The van der Waals surface area contributed by atoms with E-state index in [1.54, 1.807) is 25.1 Å². The molecule has 27 heavy (non-hydrogen) atoms. The van der Waals surface area contributed by atoms with Crippen molar-refractivity contribution in [1.29, 1.82) is 0 Å². The van der Waals surface area contributed by atoms with Gasteiger partial charge in [-0.05, 0) is 43.2 Å². The highest BCUT2D eigenvalue weighted by molar-refractivity contribution is 6.30. The van der Waals surface area contributed by atoms with Crippen LogP contribution < -0.4 is 10.4 Å². The Bertz CT molecular complexity index is 1020. The molecule has 0 bridgehead atoms. The quantitative estimate of drug-likeness (QED) is 0.488. The van der Waals surface area contributed by atoms with Crippen LogP contribution in [-0.4, -0.2) is 28.6 Å². The summed E-state index contributed by atoms with van der Waals surface area (Å²) in [6.07, 6.45) is 1.91. The summed E-state index contributed by atoms with van der Waals surface area (Å²) >= 11 is 5.96. The monoisotopic (exact) mass is 382 g/mol. The van der Waals surface area contributed by atoms with Crippen molar-refractivity contribution in [2.75, 3.05) is 18.0 Å². The van der Waals surface area contributed by atoms with Crippen molar-refractivity contribution >= 4 is 23.1 Å². The molecule has 2 aliphatic heterocycles. The molecule has 2 aliphatic rings.